The lowest BCUT2D eigenvalue weighted by Crippen LogP contribution is -2.38. The Morgan fingerprint density at radius 2 is 1.67 bits per heavy atom. The molecule has 0 spiro atoms. The Morgan fingerprint density at radius 3 is 1.67 bits per heavy atom. The smallest absolute Gasteiger partial charge is 0.246 e. The fourth-order valence-electron chi connectivity index (χ4n) is 0.117. The third kappa shape index (κ3) is 2.01. The summed E-state index contributed by atoms with van der Waals surface area (Å²) in [6.45, 7) is -1.67. The molecule has 0 amide bonds. The molecule has 0 nitrogen and oxygen atoms in total. The van der Waals surface area contributed by atoms with Gasteiger partial charge in [-0.05, 0) is 0 Å². The van der Waals surface area contributed by atoms with Gasteiger partial charge in [-0.15, -0.1) is 0 Å². The molecule has 0 N–H and O–H groups in total. The highest BCUT2D eigenvalue weighted by molar-refractivity contribution is 6.23. The first-order valence-corrected chi connectivity index (χ1v) is 2.50. The van der Waals surface area contributed by atoms with E-state index >= 15 is 0 Å². The lowest BCUT2D eigenvalue weighted by molar-refractivity contribution is -0.0865. The van der Waals surface area contributed by atoms with Gasteiger partial charge in [0, 0.05) is 6.92 Å². The molecule has 0 rings (SSSR count). The summed E-state index contributed by atoms with van der Waals surface area (Å²) in [7, 11) is 0. The molecule has 0 fully saturated rings. The third-order valence-corrected chi connectivity index (χ3v) is 1.24. The van der Waals surface area contributed by atoms with Crippen LogP contribution >= 0.6 is 11.6 Å². The maximum atomic E-state index is 12.0. The molecule has 0 aliphatic heterocycles. The second kappa shape index (κ2) is 2.33. The summed E-state index contributed by atoms with van der Waals surface area (Å²) in [5.41, 5.74) is 0. The minimum Gasteiger partial charge on any atom is -0.246 e. The highest BCUT2D eigenvalue weighted by Gasteiger charge is 2.49. The second-order valence-electron chi connectivity index (χ2n) is 1.73. The minimum atomic E-state index is -3.83. The normalized spacial score (nSPS) is 19.3. The van der Waals surface area contributed by atoms with Gasteiger partial charge in [0.15, 0.2) is 0 Å². The van der Waals surface area contributed by atoms with Crippen LogP contribution < -0.4 is 0 Å². The van der Waals surface area contributed by atoms with Crippen LogP contribution in [0.2, 0.25) is 0 Å². The molecule has 0 aromatic heterocycles. The van der Waals surface area contributed by atoms with Gasteiger partial charge in [0.25, 0.3) is 11.1 Å². The number of halogens is 5. The van der Waals surface area contributed by atoms with Gasteiger partial charge in [0.05, 0.1) is 0 Å². The number of hydrogen-bond acceptors (Lipinski definition) is 0. The fraction of sp³-hybridized carbons (Fsp3) is 1.00. The predicted octanol–water partition coefficient (Wildman–Crippen LogP) is 2.52. The van der Waals surface area contributed by atoms with E-state index in [9.17, 15) is 17.6 Å². The molecule has 56 valence electrons. The summed E-state index contributed by atoms with van der Waals surface area (Å²) in [5, 5.41) is -3.55. The van der Waals surface area contributed by atoms with Gasteiger partial charge in [-0.3, -0.25) is 0 Å². The van der Waals surface area contributed by atoms with Crippen LogP contribution in [0.4, 0.5) is 17.6 Å². The first-order valence-electron chi connectivity index (χ1n) is 2.13. The molecule has 0 radical (unpaired) electrons. The summed E-state index contributed by atoms with van der Waals surface area (Å²) in [6, 6.07) is 0. The Labute approximate surface area is 54.8 Å². The molecular formula is C4H5ClF4. The average Bonchev–Trinajstić information content (AvgIpc) is 1.64. The van der Waals surface area contributed by atoms with E-state index in [-0.39, 0.29) is 6.92 Å². The molecule has 5 heteroatoms. The van der Waals surface area contributed by atoms with Crippen molar-refractivity contribution in [1.29, 1.82) is 0 Å². The van der Waals surface area contributed by atoms with Crippen molar-refractivity contribution in [3.63, 3.8) is 0 Å². The Balaban J connectivity index is 4.14. The van der Waals surface area contributed by atoms with Crippen LogP contribution in [0.25, 0.3) is 0 Å². The van der Waals surface area contributed by atoms with Crippen molar-refractivity contribution in [3.05, 3.63) is 0 Å². The lowest BCUT2D eigenvalue weighted by Gasteiger charge is -2.20. The summed E-state index contributed by atoms with van der Waals surface area (Å²) in [5.74, 6) is -3.83. The van der Waals surface area contributed by atoms with Gasteiger partial charge in [-0.1, -0.05) is 11.6 Å². The van der Waals surface area contributed by atoms with Gasteiger partial charge in [0.1, 0.15) is 6.67 Å². The molecule has 1 unspecified atom stereocenters. The first-order chi connectivity index (χ1) is 3.81. The summed E-state index contributed by atoms with van der Waals surface area (Å²) < 4.78 is 46.8. The second-order valence-corrected chi connectivity index (χ2v) is 2.33. The molecule has 0 saturated carbocycles. The molecule has 0 aromatic carbocycles. The monoisotopic (exact) mass is 164 g/mol. The van der Waals surface area contributed by atoms with Crippen molar-refractivity contribution in [1.82, 2.24) is 0 Å². The molecule has 0 aromatic rings. The molecule has 0 heterocycles. The topological polar surface area (TPSA) is 0 Å². The van der Waals surface area contributed by atoms with E-state index in [0.29, 0.717) is 0 Å². The van der Waals surface area contributed by atoms with E-state index in [4.69, 9.17) is 0 Å². The molecule has 0 bridgehead atoms. The van der Waals surface area contributed by atoms with Crippen LogP contribution in [-0.4, -0.2) is 17.7 Å². The van der Waals surface area contributed by atoms with Crippen molar-refractivity contribution in [2.24, 2.45) is 0 Å². The van der Waals surface area contributed by atoms with E-state index in [1.54, 1.807) is 0 Å². The van der Waals surface area contributed by atoms with E-state index in [1.807, 2.05) is 0 Å². The van der Waals surface area contributed by atoms with Crippen LogP contribution in [0, 0.1) is 0 Å². The Morgan fingerprint density at radius 1 is 1.33 bits per heavy atom. The Hall–Kier alpha value is 0.01000. The van der Waals surface area contributed by atoms with Crippen molar-refractivity contribution in [2.45, 2.75) is 18.0 Å². The molecule has 1 atom stereocenters. The van der Waals surface area contributed by atoms with Gasteiger partial charge < -0.3 is 0 Å². The minimum absolute atomic E-state index is 0.222. The molecular weight excluding hydrogens is 159 g/mol. The molecule has 0 saturated heterocycles. The number of rotatable bonds is 2. The highest BCUT2D eigenvalue weighted by Crippen LogP contribution is 2.35. The summed E-state index contributed by atoms with van der Waals surface area (Å²) >= 11 is 4.41. The van der Waals surface area contributed by atoms with Crippen LogP contribution in [0.1, 0.15) is 6.92 Å². The van der Waals surface area contributed by atoms with Gasteiger partial charge >= 0.3 is 0 Å². The maximum absolute atomic E-state index is 12.0. The molecule has 0 aliphatic carbocycles. The summed E-state index contributed by atoms with van der Waals surface area (Å²) in [4.78, 5) is 0. The van der Waals surface area contributed by atoms with Crippen LogP contribution in [-0.2, 0) is 0 Å². The number of hydrogen-bond donors (Lipinski definition) is 0. The van der Waals surface area contributed by atoms with Crippen LogP contribution in [0.5, 0.6) is 0 Å². The van der Waals surface area contributed by atoms with Crippen LogP contribution in [0.3, 0.4) is 0 Å². The SMILES string of the molecule is CC(F)(F)C(F)(Cl)CF. The van der Waals surface area contributed by atoms with E-state index in [2.05, 4.69) is 11.6 Å². The van der Waals surface area contributed by atoms with Crippen molar-refractivity contribution < 1.29 is 17.6 Å². The molecule has 0 aliphatic rings. The van der Waals surface area contributed by atoms with Gasteiger partial charge in [0.2, 0.25) is 0 Å². The average molecular weight is 165 g/mol. The number of alkyl halides is 5. The third-order valence-electron chi connectivity index (χ3n) is 0.810. The quantitative estimate of drug-likeness (QED) is 0.435. The van der Waals surface area contributed by atoms with E-state index in [0.717, 1.165) is 0 Å². The Kier molecular flexibility index (Phi) is 2.33. The van der Waals surface area contributed by atoms with Crippen molar-refractivity contribution >= 4 is 11.6 Å². The van der Waals surface area contributed by atoms with Crippen molar-refractivity contribution in [2.75, 3.05) is 6.67 Å². The van der Waals surface area contributed by atoms with Crippen LogP contribution in [0.15, 0.2) is 0 Å². The fourth-order valence-corrected chi connectivity index (χ4v) is 0.117. The maximum Gasteiger partial charge on any atom is 0.295 e. The van der Waals surface area contributed by atoms with Crippen molar-refractivity contribution in [3.8, 4) is 0 Å². The largest absolute Gasteiger partial charge is 0.295 e. The zero-order chi connectivity index (χ0) is 7.71. The predicted molar refractivity (Wildman–Crippen MR) is 26.3 cm³/mol. The van der Waals surface area contributed by atoms with Gasteiger partial charge in [-0.25, -0.2) is 17.6 Å². The zero-order valence-corrected chi connectivity index (χ0v) is 5.35. The van der Waals surface area contributed by atoms with E-state index < -0.39 is 17.7 Å². The zero-order valence-electron chi connectivity index (χ0n) is 4.60. The van der Waals surface area contributed by atoms with Gasteiger partial charge in [-0.2, -0.15) is 0 Å². The first kappa shape index (κ1) is 9.01. The van der Waals surface area contributed by atoms with E-state index in [1.165, 1.54) is 0 Å². The standard InChI is InChI=1S/C4H5ClF4/c1-3(7,8)4(5,9)2-6/h2H2,1H3. The highest BCUT2D eigenvalue weighted by atomic mass is 35.5. The summed E-state index contributed by atoms with van der Waals surface area (Å²) in [6.07, 6.45) is 0. The lowest BCUT2D eigenvalue weighted by atomic mass is 10.2. The Bertz CT molecular complexity index is 95.2. The molecule has 9 heavy (non-hydrogen) atoms.